The molecule has 5 nitrogen and oxygen atoms in total. The fourth-order valence-electron chi connectivity index (χ4n) is 3.46. The van der Waals surface area contributed by atoms with Crippen LogP contribution in [0.1, 0.15) is 44.4 Å². The van der Waals surface area contributed by atoms with Crippen LogP contribution in [0.3, 0.4) is 0 Å². The average molecular weight is 294 g/mol. The largest absolute Gasteiger partial charge is 0.383 e. The minimum absolute atomic E-state index is 0.600. The number of nitrogens with zero attached hydrogens (tertiary/aromatic N) is 3. The molecular weight excluding hydrogens is 264 g/mol. The SMILES string of the molecule is CCC1CCC(C)N1c1c(CNCCOC)c(C)nn1C. The van der Waals surface area contributed by atoms with Gasteiger partial charge in [-0.1, -0.05) is 6.92 Å². The van der Waals surface area contributed by atoms with Gasteiger partial charge in [0.1, 0.15) is 5.82 Å². The highest BCUT2D eigenvalue weighted by Crippen LogP contribution is 2.34. The second-order valence-corrected chi connectivity index (χ2v) is 6.08. The second-order valence-electron chi connectivity index (χ2n) is 6.08. The summed E-state index contributed by atoms with van der Waals surface area (Å²) >= 11 is 0. The van der Waals surface area contributed by atoms with Crippen molar-refractivity contribution in [1.82, 2.24) is 15.1 Å². The number of rotatable bonds is 7. The number of anilines is 1. The molecule has 0 radical (unpaired) electrons. The molecule has 1 fully saturated rings. The van der Waals surface area contributed by atoms with Gasteiger partial charge in [0.25, 0.3) is 0 Å². The second kappa shape index (κ2) is 7.27. The first kappa shape index (κ1) is 16.3. The minimum atomic E-state index is 0.600. The van der Waals surface area contributed by atoms with Crippen molar-refractivity contribution in [3.05, 3.63) is 11.3 Å². The number of hydrogen-bond donors (Lipinski definition) is 1. The molecule has 1 aromatic heterocycles. The maximum Gasteiger partial charge on any atom is 0.131 e. The summed E-state index contributed by atoms with van der Waals surface area (Å²) < 4.78 is 7.17. The van der Waals surface area contributed by atoms with Crippen molar-refractivity contribution in [2.45, 2.75) is 58.7 Å². The van der Waals surface area contributed by atoms with Crippen molar-refractivity contribution in [1.29, 1.82) is 0 Å². The van der Waals surface area contributed by atoms with Gasteiger partial charge in [0, 0.05) is 44.9 Å². The van der Waals surface area contributed by atoms with Crippen LogP contribution in [0.15, 0.2) is 0 Å². The van der Waals surface area contributed by atoms with Gasteiger partial charge in [0.15, 0.2) is 0 Å². The molecule has 5 heteroatoms. The summed E-state index contributed by atoms with van der Waals surface area (Å²) in [7, 11) is 3.80. The normalized spacial score (nSPS) is 22.2. The number of methoxy groups -OCH3 is 1. The van der Waals surface area contributed by atoms with Crippen LogP contribution in [0.4, 0.5) is 5.82 Å². The molecule has 21 heavy (non-hydrogen) atoms. The zero-order valence-corrected chi connectivity index (χ0v) is 14.1. The molecule has 2 rings (SSSR count). The fraction of sp³-hybridized carbons (Fsp3) is 0.812. The molecule has 2 heterocycles. The first-order chi connectivity index (χ1) is 10.1. The molecule has 1 N–H and O–H groups in total. The highest BCUT2D eigenvalue weighted by Gasteiger charge is 2.33. The van der Waals surface area contributed by atoms with E-state index in [-0.39, 0.29) is 0 Å². The monoisotopic (exact) mass is 294 g/mol. The maximum atomic E-state index is 5.10. The van der Waals surface area contributed by atoms with E-state index >= 15 is 0 Å². The van der Waals surface area contributed by atoms with Crippen molar-refractivity contribution < 1.29 is 4.74 Å². The zero-order chi connectivity index (χ0) is 15.4. The van der Waals surface area contributed by atoms with Crippen LogP contribution < -0.4 is 10.2 Å². The standard InChI is InChI=1S/C16H30N4O/c1-6-14-8-7-12(2)20(14)16-15(11-17-9-10-21-5)13(3)18-19(16)4/h12,14,17H,6-11H2,1-5H3. The average Bonchev–Trinajstić information content (AvgIpc) is 2.95. The molecule has 2 atom stereocenters. The van der Waals surface area contributed by atoms with E-state index in [1.165, 1.54) is 30.6 Å². The van der Waals surface area contributed by atoms with E-state index < -0.39 is 0 Å². The summed E-state index contributed by atoms with van der Waals surface area (Å²) in [6.45, 7) is 9.20. The Balaban J connectivity index is 2.21. The number of aryl methyl sites for hydroxylation is 2. The first-order valence-electron chi connectivity index (χ1n) is 8.10. The van der Waals surface area contributed by atoms with Crippen LogP contribution in [-0.4, -0.2) is 42.1 Å². The Morgan fingerprint density at radius 3 is 2.81 bits per heavy atom. The first-order valence-corrected chi connectivity index (χ1v) is 8.10. The molecule has 120 valence electrons. The van der Waals surface area contributed by atoms with Gasteiger partial charge in [-0.3, -0.25) is 4.68 Å². The summed E-state index contributed by atoms with van der Waals surface area (Å²) in [4.78, 5) is 2.59. The lowest BCUT2D eigenvalue weighted by molar-refractivity contribution is 0.199. The van der Waals surface area contributed by atoms with E-state index in [0.717, 1.165) is 25.4 Å². The van der Waals surface area contributed by atoms with Gasteiger partial charge in [-0.05, 0) is 33.1 Å². The zero-order valence-electron chi connectivity index (χ0n) is 14.1. The van der Waals surface area contributed by atoms with Crippen molar-refractivity contribution >= 4 is 5.82 Å². The molecule has 0 amide bonds. The third kappa shape index (κ3) is 3.40. The van der Waals surface area contributed by atoms with Gasteiger partial charge >= 0.3 is 0 Å². The van der Waals surface area contributed by atoms with Crippen LogP contribution in [0.2, 0.25) is 0 Å². The van der Waals surface area contributed by atoms with Crippen molar-refractivity contribution in [3.8, 4) is 0 Å². The van der Waals surface area contributed by atoms with Gasteiger partial charge < -0.3 is 15.0 Å². The molecule has 0 saturated carbocycles. The Morgan fingerprint density at radius 1 is 1.38 bits per heavy atom. The number of nitrogens with one attached hydrogen (secondary N) is 1. The van der Waals surface area contributed by atoms with E-state index in [4.69, 9.17) is 4.74 Å². The van der Waals surface area contributed by atoms with Crippen molar-refractivity contribution in [3.63, 3.8) is 0 Å². The quantitative estimate of drug-likeness (QED) is 0.783. The van der Waals surface area contributed by atoms with Gasteiger partial charge in [0.2, 0.25) is 0 Å². The lowest BCUT2D eigenvalue weighted by Crippen LogP contribution is -2.36. The predicted octanol–water partition coefficient (Wildman–Crippen LogP) is 2.23. The van der Waals surface area contributed by atoms with Crippen LogP contribution in [-0.2, 0) is 18.3 Å². The summed E-state index contributed by atoms with van der Waals surface area (Å²) in [5.74, 6) is 1.30. The van der Waals surface area contributed by atoms with Gasteiger partial charge in [-0.2, -0.15) is 5.10 Å². The third-order valence-corrected chi connectivity index (χ3v) is 4.60. The molecule has 1 aliphatic heterocycles. The summed E-state index contributed by atoms with van der Waals surface area (Å²) in [5.41, 5.74) is 2.46. The van der Waals surface area contributed by atoms with Crippen LogP contribution in [0.5, 0.6) is 0 Å². The Bertz CT molecular complexity index is 457. The van der Waals surface area contributed by atoms with Crippen LogP contribution in [0, 0.1) is 6.92 Å². The Labute approximate surface area is 128 Å². The predicted molar refractivity (Wildman–Crippen MR) is 86.8 cm³/mol. The molecule has 0 aliphatic carbocycles. The summed E-state index contributed by atoms with van der Waals surface area (Å²) in [6.07, 6.45) is 3.77. The smallest absolute Gasteiger partial charge is 0.131 e. The summed E-state index contributed by atoms with van der Waals surface area (Å²) in [6, 6.07) is 1.25. The van der Waals surface area contributed by atoms with Crippen LogP contribution in [0.25, 0.3) is 0 Å². The van der Waals surface area contributed by atoms with Crippen LogP contribution >= 0.6 is 0 Å². The highest BCUT2D eigenvalue weighted by atomic mass is 16.5. The van der Waals surface area contributed by atoms with Gasteiger partial charge in [-0.15, -0.1) is 0 Å². The lowest BCUT2D eigenvalue weighted by Gasteiger charge is -2.31. The summed E-state index contributed by atoms with van der Waals surface area (Å²) in [5, 5.41) is 8.12. The maximum absolute atomic E-state index is 5.10. The Hall–Kier alpha value is -1.07. The van der Waals surface area contributed by atoms with Crippen molar-refractivity contribution in [2.24, 2.45) is 7.05 Å². The minimum Gasteiger partial charge on any atom is -0.383 e. The number of ether oxygens (including phenoxy) is 1. The number of hydrogen-bond acceptors (Lipinski definition) is 4. The highest BCUT2D eigenvalue weighted by molar-refractivity contribution is 5.52. The molecule has 1 saturated heterocycles. The van der Waals surface area contributed by atoms with Gasteiger partial charge in [0.05, 0.1) is 12.3 Å². The lowest BCUT2D eigenvalue weighted by atomic mass is 10.1. The molecule has 0 aromatic carbocycles. The van der Waals surface area contributed by atoms with E-state index in [1.54, 1.807) is 7.11 Å². The molecular formula is C16H30N4O. The molecule has 0 bridgehead atoms. The van der Waals surface area contributed by atoms with E-state index in [9.17, 15) is 0 Å². The van der Waals surface area contributed by atoms with E-state index in [0.29, 0.717) is 12.1 Å². The molecule has 0 spiro atoms. The Kier molecular flexibility index (Phi) is 5.65. The Morgan fingerprint density at radius 2 is 2.14 bits per heavy atom. The number of aromatic nitrogens is 2. The molecule has 1 aliphatic rings. The van der Waals surface area contributed by atoms with E-state index in [2.05, 4.69) is 47.8 Å². The van der Waals surface area contributed by atoms with E-state index in [1.807, 2.05) is 0 Å². The van der Waals surface area contributed by atoms with Crippen molar-refractivity contribution in [2.75, 3.05) is 25.2 Å². The van der Waals surface area contributed by atoms with Gasteiger partial charge in [-0.25, -0.2) is 0 Å². The fourth-order valence-corrected chi connectivity index (χ4v) is 3.46. The third-order valence-electron chi connectivity index (χ3n) is 4.60. The topological polar surface area (TPSA) is 42.3 Å². The molecule has 1 aromatic rings. The molecule has 2 unspecified atom stereocenters.